The first-order chi connectivity index (χ1) is 9.65. The number of nitrogens with one attached hydrogen (secondary N) is 1. The van der Waals surface area contributed by atoms with Gasteiger partial charge in [-0.05, 0) is 19.4 Å². The van der Waals surface area contributed by atoms with E-state index >= 15 is 0 Å². The van der Waals surface area contributed by atoms with Gasteiger partial charge in [0.2, 0.25) is 0 Å². The maximum Gasteiger partial charge on any atom is 0.263 e. The zero-order valence-electron chi connectivity index (χ0n) is 10.5. The molecule has 0 aliphatic carbocycles. The number of hydrogen-bond donors (Lipinski definition) is 1. The first-order valence-electron chi connectivity index (χ1n) is 6.34. The predicted molar refractivity (Wildman–Crippen MR) is 64.5 cm³/mol. The van der Waals surface area contributed by atoms with Gasteiger partial charge in [0.25, 0.3) is 5.89 Å². The third-order valence-electron chi connectivity index (χ3n) is 3.32. The molecule has 1 aliphatic heterocycles. The summed E-state index contributed by atoms with van der Waals surface area (Å²) in [6, 6.07) is 1.18. The minimum absolute atomic E-state index is 0.0628. The van der Waals surface area contributed by atoms with Crippen LogP contribution in [0.1, 0.15) is 24.6 Å². The van der Waals surface area contributed by atoms with Crippen LogP contribution >= 0.6 is 0 Å². The summed E-state index contributed by atoms with van der Waals surface area (Å²) in [6.45, 7) is 1.63. The second-order valence-electron chi connectivity index (χ2n) is 4.75. The molecule has 20 heavy (non-hydrogen) atoms. The van der Waals surface area contributed by atoms with Crippen molar-refractivity contribution in [2.75, 3.05) is 13.1 Å². The first-order valence-corrected chi connectivity index (χ1v) is 6.34. The Hall–Kier alpha value is -1.89. The summed E-state index contributed by atoms with van der Waals surface area (Å²) in [6.07, 6.45) is 1.87. The van der Waals surface area contributed by atoms with E-state index in [-0.39, 0.29) is 11.8 Å². The van der Waals surface area contributed by atoms with E-state index in [1.807, 2.05) is 0 Å². The smallest absolute Gasteiger partial charge is 0.263 e. The van der Waals surface area contributed by atoms with Gasteiger partial charge in [-0.25, -0.2) is 13.2 Å². The van der Waals surface area contributed by atoms with Crippen LogP contribution in [0.15, 0.2) is 16.7 Å². The number of halogens is 3. The molecule has 1 atom stereocenters. The average Bonchev–Trinajstić information content (AvgIpc) is 2.88. The Kier molecular flexibility index (Phi) is 3.43. The fraction of sp³-hybridized carbons (Fsp3) is 0.385. The Morgan fingerprint density at radius 3 is 2.60 bits per heavy atom. The number of nitrogens with zero attached hydrogens (tertiary/aromatic N) is 2. The Morgan fingerprint density at radius 1 is 1.20 bits per heavy atom. The molecule has 3 rings (SSSR count). The predicted octanol–water partition coefficient (Wildman–Crippen LogP) is 2.62. The monoisotopic (exact) mass is 283 g/mol. The highest BCUT2D eigenvalue weighted by atomic mass is 19.1. The van der Waals surface area contributed by atoms with Crippen LogP contribution in [0.2, 0.25) is 0 Å². The van der Waals surface area contributed by atoms with E-state index in [1.165, 1.54) is 0 Å². The molecule has 2 aromatic rings. The highest BCUT2D eigenvalue weighted by Crippen LogP contribution is 2.28. The van der Waals surface area contributed by atoms with Crippen molar-refractivity contribution in [3.63, 3.8) is 0 Å². The van der Waals surface area contributed by atoms with Gasteiger partial charge in [-0.3, -0.25) is 0 Å². The van der Waals surface area contributed by atoms with Gasteiger partial charge >= 0.3 is 0 Å². The minimum Gasteiger partial charge on any atom is -0.334 e. The Labute approximate surface area is 113 Å². The zero-order valence-corrected chi connectivity index (χ0v) is 10.5. The van der Waals surface area contributed by atoms with Crippen LogP contribution in [0.25, 0.3) is 11.5 Å². The van der Waals surface area contributed by atoms with Gasteiger partial charge in [-0.2, -0.15) is 4.98 Å². The van der Waals surface area contributed by atoms with E-state index < -0.39 is 23.0 Å². The topological polar surface area (TPSA) is 51.0 Å². The first kappa shape index (κ1) is 13.1. The molecule has 0 spiro atoms. The highest BCUT2D eigenvalue weighted by molar-refractivity contribution is 5.54. The molecule has 0 saturated carbocycles. The number of rotatable bonds is 2. The van der Waals surface area contributed by atoms with Crippen LogP contribution in [-0.2, 0) is 0 Å². The van der Waals surface area contributed by atoms with Crippen molar-refractivity contribution in [2.45, 2.75) is 18.8 Å². The number of aromatic nitrogens is 2. The summed E-state index contributed by atoms with van der Waals surface area (Å²) in [5, 5.41) is 6.96. The largest absolute Gasteiger partial charge is 0.334 e. The SMILES string of the molecule is Fc1cc(F)c(-c2nc(C3CCCNC3)no2)c(F)c1. The fourth-order valence-electron chi connectivity index (χ4n) is 2.32. The summed E-state index contributed by atoms with van der Waals surface area (Å²) >= 11 is 0. The number of piperidine rings is 1. The van der Waals surface area contributed by atoms with Crippen LogP contribution in [0, 0.1) is 17.5 Å². The molecule has 4 nitrogen and oxygen atoms in total. The van der Waals surface area contributed by atoms with Gasteiger partial charge in [-0.15, -0.1) is 0 Å². The molecule has 1 aromatic heterocycles. The van der Waals surface area contributed by atoms with Crippen molar-refractivity contribution >= 4 is 0 Å². The van der Waals surface area contributed by atoms with Crippen molar-refractivity contribution < 1.29 is 17.7 Å². The van der Waals surface area contributed by atoms with Crippen molar-refractivity contribution in [2.24, 2.45) is 0 Å². The number of benzene rings is 1. The van der Waals surface area contributed by atoms with E-state index in [1.54, 1.807) is 0 Å². The normalized spacial score (nSPS) is 19.2. The third-order valence-corrected chi connectivity index (χ3v) is 3.32. The van der Waals surface area contributed by atoms with E-state index in [0.717, 1.165) is 19.4 Å². The zero-order chi connectivity index (χ0) is 14.1. The summed E-state index contributed by atoms with van der Waals surface area (Å²) in [7, 11) is 0. The molecule has 7 heteroatoms. The number of hydrogen-bond acceptors (Lipinski definition) is 4. The Bertz CT molecular complexity index is 600. The summed E-state index contributed by atoms with van der Waals surface area (Å²) < 4.78 is 45.0. The molecule has 0 amide bonds. The quantitative estimate of drug-likeness (QED) is 0.920. The molecule has 1 N–H and O–H groups in total. The lowest BCUT2D eigenvalue weighted by Crippen LogP contribution is -2.28. The second-order valence-corrected chi connectivity index (χ2v) is 4.75. The standard InChI is InChI=1S/C13H12F3N3O/c14-8-4-9(15)11(10(16)5-8)13-18-12(19-20-13)7-2-1-3-17-6-7/h4-5,7,17H,1-3,6H2. The molecule has 106 valence electrons. The molecular weight excluding hydrogens is 271 g/mol. The van der Waals surface area contributed by atoms with E-state index in [4.69, 9.17) is 4.52 Å². The lowest BCUT2D eigenvalue weighted by atomic mass is 9.99. The van der Waals surface area contributed by atoms with Crippen molar-refractivity contribution in [3.8, 4) is 11.5 Å². The second kappa shape index (κ2) is 5.24. The Balaban J connectivity index is 1.94. The minimum atomic E-state index is -1.06. The van der Waals surface area contributed by atoms with Gasteiger partial charge in [0, 0.05) is 24.6 Å². The van der Waals surface area contributed by atoms with Crippen molar-refractivity contribution in [1.29, 1.82) is 0 Å². The molecular formula is C13H12F3N3O. The maximum absolute atomic E-state index is 13.6. The molecule has 1 unspecified atom stereocenters. The molecule has 1 saturated heterocycles. The third kappa shape index (κ3) is 2.40. The van der Waals surface area contributed by atoms with Crippen LogP contribution in [0.5, 0.6) is 0 Å². The highest BCUT2D eigenvalue weighted by Gasteiger charge is 2.24. The molecule has 2 heterocycles. The van der Waals surface area contributed by atoms with Crippen LogP contribution in [-0.4, -0.2) is 23.2 Å². The summed E-state index contributed by atoms with van der Waals surface area (Å²) in [5.41, 5.74) is -0.492. The van der Waals surface area contributed by atoms with Gasteiger partial charge in [-0.1, -0.05) is 5.16 Å². The lowest BCUT2D eigenvalue weighted by molar-refractivity contribution is 0.390. The fourth-order valence-corrected chi connectivity index (χ4v) is 2.32. The van der Waals surface area contributed by atoms with Gasteiger partial charge in [0.05, 0.1) is 0 Å². The van der Waals surface area contributed by atoms with Crippen LogP contribution in [0.3, 0.4) is 0 Å². The van der Waals surface area contributed by atoms with Crippen molar-refractivity contribution in [3.05, 3.63) is 35.4 Å². The lowest BCUT2D eigenvalue weighted by Gasteiger charge is -2.19. The average molecular weight is 283 g/mol. The molecule has 1 fully saturated rings. The summed E-state index contributed by atoms with van der Waals surface area (Å²) in [5.74, 6) is -2.89. The maximum atomic E-state index is 13.6. The van der Waals surface area contributed by atoms with E-state index in [9.17, 15) is 13.2 Å². The van der Waals surface area contributed by atoms with Crippen LogP contribution < -0.4 is 5.32 Å². The van der Waals surface area contributed by atoms with Crippen LogP contribution in [0.4, 0.5) is 13.2 Å². The van der Waals surface area contributed by atoms with E-state index in [2.05, 4.69) is 15.5 Å². The molecule has 1 aromatic carbocycles. The molecule has 0 radical (unpaired) electrons. The van der Waals surface area contributed by atoms with Gasteiger partial charge in [0.15, 0.2) is 5.82 Å². The van der Waals surface area contributed by atoms with Gasteiger partial charge < -0.3 is 9.84 Å². The molecule has 1 aliphatic rings. The summed E-state index contributed by atoms with van der Waals surface area (Å²) in [4.78, 5) is 4.04. The van der Waals surface area contributed by atoms with Gasteiger partial charge in [0.1, 0.15) is 23.0 Å². The Morgan fingerprint density at radius 2 is 1.95 bits per heavy atom. The van der Waals surface area contributed by atoms with E-state index in [0.29, 0.717) is 24.5 Å². The van der Waals surface area contributed by atoms with Crippen molar-refractivity contribution in [1.82, 2.24) is 15.5 Å². The molecule has 0 bridgehead atoms.